The van der Waals surface area contributed by atoms with E-state index in [-0.39, 0.29) is 11.5 Å². The zero-order chi connectivity index (χ0) is 14.5. The van der Waals surface area contributed by atoms with Crippen molar-refractivity contribution in [2.24, 2.45) is 0 Å². The first-order chi connectivity index (χ1) is 9.65. The van der Waals surface area contributed by atoms with Gasteiger partial charge in [0.2, 0.25) is 0 Å². The second kappa shape index (κ2) is 6.02. The zero-order valence-corrected chi connectivity index (χ0v) is 11.3. The smallest absolute Gasteiger partial charge is 0.168 e. The lowest BCUT2D eigenvalue weighted by atomic mass is 10.1. The van der Waals surface area contributed by atoms with Crippen molar-refractivity contribution in [2.45, 2.75) is 0 Å². The van der Waals surface area contributed by atoms with Crippen molar-refractivity contribution in [3.05, 3.63) is 59.7 Å². The Morgan fingerprint density at radius 3 is 1.20 bits per heavy atom. The van der Waals surface area contributed by atoms with Crippen LogP contribution >= 0.6 is 0 Å². The molecule has 0 aliphatic rings. The van der Waals surface area contributed by atoms with E-state index >= 15 is 0 Å². The molecule has 0 heterocycles. The van der Waals surface area contributed by atoms with Gasteiger partial charge in [0.05, 0.1) is 14.2 Å². The Bertz CT molecular complexity index is 542. The van der Waals surface area contributed by atoms with Gasteiger partial charge in [0.25, 0.3) is 0 Å². The summed E-state index contributed by atoms with van der Waals surface area (Å²) in [6.45, 7) is 0. The van der Waals surface area contributed by atoms with Crippen molar-refractivity contribution in [1.29, 1.82) is 0 Å². The third kappa shape index (κ3) is 2.85. The van der Waals surface area contributed by atoms with Crippen molar-refractivity contribution < 1.29 is 19.7 Å². The van der Waals surface area contributed by atoms with Gasteiger partial charge in [-0.05, 0) is 48.5 Å². The molecule has 0 bridgehead atoms. The summed E-state index contributed by atoms with van der Waals surface area (Å²) in [5.41, 5.74) is 1.57. The fraction of sp³-hybridized carbons (Fsp3) is 0.125. The van der Waals surface area contributed by atoms with E-state index in [0.29, 0.717) is 11.5 Å². The van der Waals surface area contributed by atoms with Crippen molar-refractivity contribution in [3.63, 3.8) is 0 Å². The van der Waals surface area contributed by atoms with E-state index < -0.39 is 0 Å². The highest BCUT2D eigenvalue weighted by Crippen LogP contribution is 2.29. The SMILES string of the molecule is COC(=C(OC)c1ccc(O)cc1)c1ccc(O)cc1. The topological polar surface area (TPSA) is 58.9 Å². The average molecular weight is 272 g/mol. The van der Waals surface area contributed by atoms with E-state index in [1.165, 1.54) is 0 Å². The molecule has 2 aromatic carbocycles. The minimum Gasteiger partial charge on any atom is -0.508 e. The maximum Gasteiger partial charge on any atom is 0.168 e. The standard InChI is InChI=1S/C16H16O4/c1-19-15(11-3-7-13(17)8-4-11)16(20-2)12-5-9-14(18)10-6-12/h3-10,17-18H,1-2H3. The van der Waals surface area contributed by atoms with Gasteiger partial charge in [-0.3, -0.25) is 0 Å². The van der Waals surface area contributed by atoms with Gasteiger partial charge in [-0.2, -0.15) is 0 Å². The first kappa shape index (κ1) is 13.8. The normalized spacial score (nSPS) is 11.7. The molecule has 0 aliphatic carbocycles. The van der Waals surface area contributed by atoms with E-state index in [9.17, 15) is 10.2 Å². The quantitative estimate of drug-likeness (QED) is 0.662. The van der Waals surface area contributed by atoms with Crippen LogP contribution in [0.3, 0.4) is 0 Å². The van der Waals surface area contributed by atoms with Crippen LogP contribution in [0.2, 0.25) is 0 Å². The van der Waals surface area contributed by atoms with Crippen LogP contribution in [0.4, 0.5) is 0 Å². The summed E-state index contributed by atoms with van der Waals surface area (Å²) in [4.78, 5) is 0. The minimum absolute atomic E-state index is 0.188. The van der Waals surface area contributed by atoms with Gasteiger partial charge in [0, 0.05) is 11.1 Å². The van der Waals surface area contributed by atoms with Crippen molar-refractivity contribution in [2.75, 3.05) is 14.2 Å². The fourth-order valence-corrected chi connectivity index (χ4v) is 1.91. The van der Waals surface area contributed by atoms with Gasteiger partial charge in [0.15, 0.2) is 11.5 Å². The Kier molecular flexibility index (Phi) is 4.15. The van der Waals surface area contributed by atoms with Gasteiger partial charge in [0.1, 0.15) is 11.5 Å². The molecule has 20 heavy (non-hydrogen) atoms. The molecule has 104 valence electrons. The molecule has 0 aliphatic heterocycles. The molecule has 4 nitrogen and oxygen atoms in total. The summed E-state index contributed by atoms with van der Waals surface area (Å²) < 4.78 is 10.8. The molecule has 2 rings (SSSR count). The van der Waals surface area contributed by atoms with E-state index in [2.05, 4.69) is 0 Å². The monoisotopic (exact) mass is 272 g/mol. The molecule has 0 radical (unpaired) electrons. The fourth-order valence-electron chi connectivity index (χ4n) is 1.91. The van der Waals surface area contributed by atoms with Crippen LogP contribution in [0, 0.1) is 0 Å². The van der Waals surface area contributed by atoms with E-state index in [4.69, 9.17) is 9.47 Å². The lowest BCUT2D eigenvalue weighted by molar-refractivity contribution is 0.328. The number of phenolic OH excluding ortho intramolecular Hbond substituents is 2. The molecule has 0 spiro atoms. The summed E-state index contributed by atoms with van der Waals surface area (Å²) in [5, 5.41) is 18.7. The minimum atomic E-state index is 0.188. The van der Waals surface area contributed by atoms with Crippen LogP contribution in [0.25, 0.3) is 11.5 Å². The first-order valence-electron chi connectivity index (χ1n) is 6.06. The Balaban J connectivity index is 2.52. The highest BCUT2D eigenvalue weighted by Gasteiger charge is 2.13. The Morgan fingerprint density at radius 2 is 0.950 bits per heavy atom. The van der Waals surface area contributed by atoms with Crippen LogP contribution in [0.15, 0.2) is 48.5 Å². The molecule has 0 fully saturated rings. The second-order valence-electron chi connectivity index (χ2n) is 4.16. The summed E-state index contributed by atoms with van der Waals surface area (Å²) in [6.07, 6.45) is 0. The van der Waals surface area contributed by atoms with Crippen LogP contribution in [-0.4, -0.2) is 24.4 Å². The third-order valence-electron chi connectivity index (χ3n) is 2.87. The number of hydrogen-bond donors (Lipinski definition) is 2. The van der Waals surface area contributed by atoms with Gasteiger partial charge in [-0.15, -0.1) is 0 Å². The number of methoxy groups -OCH3 is 2. The van der Waals surface area contributed by atoms with E-state index in [0.717, 1.165) is 11.1 Å². The van der Waals surface area contributed by atoms with E-state index in [1.807, 2.05) is 0 Å². The molecule has 2 aromatic rings. The average Bonchev–Trinajstić information content (AvgIpc) is 2.47. The molecule has 0 saturated carbocycles. The lowest BCUT2D eigenvalue weighted by Gasteiger charge is -2.14. The number of aromatic hydroxyl groups is 2. The predicted octanol–water partition coefficient (Wildman–Crippen LogP) is 3.22. The maximum atomic E-state index is 9.34. The Morgan fingerprint density at radius 1 is 0.650 bits per heavy atom. The Labute approximate surface area is 117 Å². The maximum absolute atomic E-state index is 9.34. The number of benzene rings is 2. The predicted molar refractivity (Wildman–Crippen MR) is 77.0 cm³/mol. The molecule has 0 aromatic heterocycles. The van der Waals surface area contributed by atoms with Gasteiger partial charge >= 0.3 is 0 Å². The summed E-state index contributed by atoms with van der Waals surface area (Å²) in [5.74, 6) is 1.48. The number of ether oxygens (including phenoxy) is 2. The van der Waals surface area contributed by atoms with Crippen LogP contribution in [-0.2, 0) is 9.47 Å². The molecular formula is C16H16O4. The lowest BCUT2D eigenvalue weighted by Crippen LogP contribution is -1.96. The van der Waals surface area contributed by atoms with Crippen LogP contribution in [0.1, 0.15) is 11.1 Å². The van der Waals surface area contributed by atoms with Crippen molar-refractivity contribution in [3.8, 4) is 11.5 Å². The molecule has 2 N–H and O–H groups in total. The molecule has 4 heteroatoms. The Hall–Kier alpha value is -2.62. The first-order valence-corrected chi connectivity index (χ1v) is 6.06. The van der Waals surface area contributed by atoms with Crippen molar-refractivity contribution >= 4 is 11.5 Å². The van der Waals surface area contributed by atoms with E-state index in [1.54, 1.807) is 62.8 Å². The second-order valence-corrected chi connectivity index (χ2v) is 4.16. The summed E-state index contributed by atoms with van der Waals surface area (Å²) in [6, 6.07) is 13.3. The third-order valence-corrected chi connectivity index (χ3v) is 2.87. The molecule has 0 saturated heterocycles. The molecule has 0 atom stereocenters. The van der Waals surface area contributed by atoms with Crippen LogP contribution < -0.4 is 0 Å². The highest BCUT2D eigenvalue weighted by atomic mass is 16.5. The van der Waals surface area contributed by atoms with Gasteiger partial charge < -0.3 is 19.7 Å². The van der Waals surface area contributed by atoms with Gasteiger partial charge in [-0.25, -0.2) is 0 Å². The number of hydrogen-bond acceptors (Lipinski definition) is 4. The largest absolute Gasteiger partial charge is 0.508 e. The number of phenols is 2. The zero-order valence-electron chi connectivity index (χ0n) is 11.3. The molecule has 0 unspecified atom stereocenters. The molecular weight excluding hydrogens is 256 g/mol. The summed E-state index contributed by atoms with van der Waals surface area (Å²) >= 11 is 0. The van der Waals surface area contributed by atoms with Crippen LogP contribution in [0.5, 0.6) is 11.5 Å². The van der Waals surface area contributed by atoms with Crippen molar-refractivity contribution in [1.82, 2.24) is 0 Å². The number of rotatable bonds is 4. The molecule has 0 amide bonds. The van der Waals surface area contributed by atoms with Gasteiger partial charge in [-0.1, -0.05) is 0 Å². The summed E-state index contributed by atoms with van der Waals surface area (Å²) in [7, 11) is 3.11. The highest BCUT2D eigenvalue weighted by molar-refractivity contribution is 5.84.